The molecule has 0 aliphatic heterocycles. The van der Waals surface area contributed by atoms with Crippen LogP contribution in [0, 0.1) is 5.41 Å². The van der Waals surface area contributed by atoms with Gasteiger partial charge in [0, 0.05) is 12.6 Å². The minimum Gasteiger partial charge on any atom is -0.481 e. The second-order valence-corrected chi connectivity index (χ2v) is 5.22. The molecule has 0 saturated heterocycles. The van der Waals surface area contributed by atoms with Crippen molar-refractivity contribution in [2.75, 3.05) is 19.0 Å². The molecule has 0 bridgehead atoms. The number of hydrogen-bond donors (Lipinski definition) is 2. The molecule has 17 heavy (non-hydrogen) atoms. The summed E-state index contributed by atoms with van der Waals surface area (Å²) in [6.07, 6.45) is 1.42. The Kier molecular flexibility index (Phi) is 4.62. The first-order valence-corrected chi connectivity index (χ1v) is 5.72. The van der Waals surface area contributed by atoms with E-state index in [0.29, 0.717) is 16.8 Å². The third-order valence-electron chi connectivity index (χ3n) is 1.87. The predicted molar refractivity (Wildman–Crippen MR) is 72.3 cm³/mol. The molecule has 0 aliphatic carbocycles. The molecule has 2 N–H and O–H groups in total. The van der Waals surface area contributed by atoms with Gasteiger partial charge >= 0.3 is 0 Å². The standard InChI is InChI=1S/C11H18N4OS/c1-11(2,3)6-12-10(17)15-8-5-9(16-4)14-7-13-8/h5,7H,6H2,1-4H3,(H2,12,13,14,15,17). The minimum absolute atomic E-state index is 0.176. The highest BCUT2D eigenvalue weighted by atomic mass is 32.1. The number of thiocarbonyl (C=S) groups is 1. The van der Waals surface area contributed by atoms with Gasteiger partial charge in [-0.1, -0.05) is 20.8 Å². The first-order chi connectivity index (χ1) is 7.90. The number of ether oxygens (including phenoxy) is 1. The van der Waals surface area contributed by atoms with Crippen LogP contribution in [-0.2, 0) is 0 Å². The molecule has 6 heteroatoms. The van der Waals surface area contributed by atoms with Crippen molar-refractivity contribution in [3.63, 3.8) is 0 Å². The van der Waals surface area contributed by atoms with Crippen molar-refractivity contribution in [3.05, 3.63) is 12.4 Å². The molecule has 0 fully saturated rings. The molecule has 1 aromatic heterocycles. The molecule has 0 aliphatic rings. The molecule has 0 aromatic carbocycles. The van der Waals surface area contributed by atoms with Gasteiger partial charge in [-0.05, 0) is 17.6 Å². The van der Waals surface area contributed by atoms with Crippen LogP contribution in [0.1, 0.15) is 20.8 Å². The van der Waals surface area contributed by atoms with E-state index in [4.69, 9.17) is 17.0 Å². The van der Waals surface area contributed by atoms with Crippen LogP contribution in [0.2, 0.25) is 0 Å². The smallest absolute Gasteiger partial charge is 0.218 e. The summed E-state index contributed by atoms with van der Waals surface area (Å²) in [4.78, 5) is 7.96. The summed E-state index contributed by atoms with van der Waals surface area (Å²) in [6.45, 7) is 7.20. The monoisotopic (exact) mass is 254 g/mol. The maximum absolute atomic E-state index is 5.16. The molecule has 0 radical (unpaired) electrons. The maximum atomic E-state index is 5.16. The Balaban J connectivity index is 2.50. The van der Waals surface area contributed by atoms with Crippen LogP contribution in [0.15, 0.2) is 12.4 Å². The summed E-state index contributed by atoms with van der Waals surface area (Å²) in [6, 6.07) is 1.69. The normalized spacial score (nSPS) is 10.8. The lowest BCUT2D eigenvalue weighted by atomic mass is 9.97. The number of nitrogens with one attached hydrogen (secondary N) is 2. The molecule has 94 valence electrons. The van der Waals surface area contributed by atoms with Crippen molar-refractivity contribution in [2.45, 2.75) is 20.8 Å². The van der Waals surface area contributed by atoms with Gasteiger partial charge in [0.2, 0.25) is 5.88 Å². The van der Waals surface area contributed by atoms with E-state index in [-0.39, 0.29) is 5.41 Å². The second kappa shape index (κ2) is 5.77. The summed E-state index contributed by atoms with van der Waals surface area (Å²) in [7, 11) is 1.56. The van der Waals surface area contributed by atoms with Gasteiger partial charge < -0.3 is 15.4 Å². The largest absolute Gasteiger partial charge is 0.481 e. The Morgan fingerprint density at radius 1 is 1.41 bits per heavy atom. The minimum atomic E-state index is 0.176. The lowest BCUT2D eigenvalue weighted by molar-refractivity contribution is 0.397. The third-order valence-corrected chi connectivity index (χ3v) is 2.12. The fourth-order valence-electron chi connectivity index (χ4n) is 1.03. The van der Waals surface area contributed by atoms with Crippen LogP contribution in [0.5, 0.6) is 5.88 Å². The molecule has 0 amide bonds. The molecule has 0 spiro atoms. The van der Waals surface area contributed by atoms with E-state index in [1.807, 2.05) is 0 Å². The fraction of sp³-hybridized carbons (Fsp3) is 0.545. The van der Waals surface area contributed by atoms with Crippen LogP contribution >= 0.6 is 12.2 Å². The Morgan fingerprint density at radius 3 is 2.71 bits per heavy atom. The Hall–Kier alpha value is -1.43. The van der Waals surface area contributed by atoms with E-state index in [1.165, 1.54) is 6.33 Å². The highest BCUT2D eigenvalue weighted by Crippen LogP contribution is 2.12. The van der Waals surface area contributed by atoms with Gasteiger partial charge in [-0.15, -0.1) is 0 Å². The summed E-state index contributed by atoms with van der Waals surface area (Å²) >= 11 is 5.16. The van der Waals surface area contributed by atoms with Gasteiger partial charge in [0.05, 0.1) is 7.11 Å². The van der Waals surface area contributed by atoms with Gasteiger partial charge in [0.15, 0.2) is 5.11 Å². The van der Waals surface area contributed by atoms with Crippen LogP contribution in [-0.4, -0.2) is 28.7 Å². The van der Waals surface area contributed by atoms with E-state index in [1.54, 1.807) is 13.2 Å². The van der Waals surface area contributed by atoms with Crippen LogP contribution < -0.4 is 15.4 Å². The van der Waals surface area contributed by atoms with Crippen molar-refractivity contribution >= 4 is 23.1 Å². The average molecular weight is 254 g/mol. The van der Waals surface area contributed by atoms with Crippen LogP contribution in [0.4, 0.5) is 5.82 Å². The lowest BCUT2D eigenvalue weighted by Crippen LogP contribution is -2.35. The van der Waals surface area contributed by atoms with Crippen LogP contribution in [0.25, 0.3) is 0 Å². The number of hydrogen-bond acceptors (Lipinski definition) is 4. The van der Waals surface area contributed by atoms with E-state index in [0.717, 1.165) is 6.54 Å². The first kappa shape index (κ1) is 13.6. The van der Waals surface area contributed by atoms with E-state index in [9.17, 15) is 0 Å². The zero-order chi connectivity index (χ0) is 12.9. The molecular formula is C11H18N4OS. The van der Waals surface area contributed by atoms with E-state index < -0.39 is 0 Å². The van der Waals surface area contributed by atoms with Crippen molar-refractivity contribution in [2.24, 2.45) is 5.41 Å². The quantitative estimate of drug-likeness (QED) is 0.802. The summed E-state index contributed by atoms with van der Waals surface area (Å²) < 4.78 is 5.00. The SMILES string of the molecule is COc1cc(NC(=S)NCC(C)(C)C)ncn1. The Bertz CT molecular complexity index is 389. The van der Waals surface area contributed by atoms with Crippen molar-refractivity contribution in [1.82, 2.24) is 15.3 Å². The lowest BCUT2D eigenvalue weighted by Gasteiger charge is -2.20. The van der Waals surface area contributed by atoms with Gasteiger partial charge in [0.1, 0.15) is 12.1 Å². The number of anilines is 1. The summed E-state index contributed by atoms with van der Waals surface area (Å²) in [5.41, 5.74) is 0.176. The molecule has 1 rings (SSSR count). The highest BCUT2D eigenvalue weighted by Gasteiger charge is 2.10. The third kappa shape index (κ3) is 5.44. The Morgan fingerprint density at radius 2 is 2.12 bits per heavy atom. The first-order valence-electron chi connectivity index (χ1n) is 5.31. The number of nitrogens with zero attached hydrogens (tertiary/aromatic N) is 2. The number of aromatic nitrogens is 2. The van der Waals surface area contributed by atoms with Gasteiger partial charge in [-0.25, -0.2) is 9.97 Å². The second-order valence-electron chi connectivity index (χ2n) is 4.81. The summed E-state index contributed by atoms with van der Waals surface area (Å²) in [5, 5.41) is 6.65. The van der Waals surface area contributed by atoms with E-state index in [2.05, 4.69) is 41.4 Å². The molecular weight excluding hydrogens is 236 g/mol. The maximum Gasteiger partial charge on any atom is 0.218 e. The van der Waals surface area contributed by atoms with Crippen molar-refractivity contribution in [3.8, 4) is 5.88 Å². The number of methoxy groups -OCH3 is 1. The predicted octanol–water partition coefficient (Wildman–Crippen LogP) is 1.82. The molecule has 1 heterocycles. The molecule has 5 nitrogen and oxygen atoms in total. The molecule has 0 unspecified atom stereocenters. The van der Waals surface area contributed by atoms with Crippen LogP contribution in [0.3, 0.4) is 0 Å². The molecule has 0 saturated carbocycles. The van der Waals surface area contributed by atoms with Gasteiger partial charge in [-0.2, -0.15) is 0 Å². The van der Waals surface area contributed by atoms with Crippen molar-refractivity contribution in [1.29, 1.82) is 0 Å². The molecule has 0 atom stereocenters. The summed E-state index contributed by atoms with van der Waals surface area (Å²) in [5.74, 6) is 1.12. The zero-order valence-corrected chi connectivity index (χ0v) is 11.4. The zero-order valence-electron chi connectivity index (χ0n) is 10.6. The van der Waals surface area contributed by atoms with Crippen molar-refractivity contribution < 1.29 is 4.74 Å². The van der Waals surface area contributed by atoms with E-state index >= 15 is 0 Å². The van der Waals surface area contributed by atoms with Gasteiger partial charge in [-0.3, -0.25) is 0 Å². The van der Waals surface area contributed by atoms with Gasteiger partial charge in [0.25, 0.3) is 0 Å². The topological polar surface area (TPSA) is 59.1 Å². The number of rotatable bonds is 3. The highest BCUT2D eigenvalue weighted by molar-refractivity contribution is 7.80. The molecule has 1 aromatic rings. The Labute approximate surface area is 107 Å². The fourth-order valence-corrected chi connectivity index (χ4v) is 1.20. The average Bonchev–Trinajstić information content (AvgIpc) is 2.26.